The fraction of sp³-hybridized carbons (Fsp3) is 0.632. The van der Waals surface area contributed by atoms with Crippen LogP contribution in [0.5, 0.6) is 0 Å². The predicted molar refractivity (Wildman–Crippen MR) is 117 cm³/mol. The molecule has 168 valence electrons. The molecule has 0 aliphatic carbocycles. The summed E-state index contributed by atoms with van der Waals surface area (Å²) in [4.78, 5) is 39.9. The van der Waals surface area contributed by atoms with E-state index in [0.29, 0.717) is 18.0 Å². The van der Waals surface area contributed by atoms with Gasteiger partial charge in [0.05, 0.1) is 18.0 Å². The third-order valence-corrected chi connectivity index (χ3v) is 6.04. The number of thiophene rings is 1. The second-order valence-corrected chi connectivity index (χ2v) is 10.2. The number of hydrogen-bond acceptors (Lipinski definition) is 9. The number of carbonyl (C=O) groups is 3. The summed E-state index contributed by atoms with van der Waals surface area (Å²) in [5, 5.41) is 4.41. The van der Waals surface area contributed by atoms with Crippen molar-refractivity contribution in [1.29, 1.82) is 0 Å². The molecule has 1 aromatic heterocycles. The number of nitrogens with one attached hydrogen (secondary N) is 2. The molecule has 1 saturated heterocycles. The third-order valence-electron chi connectivity index (χ3n) is 3.97. The second-order valence-electron chi connectivity index (χ2n) is 8.37. The van der Waals surface area contributed by atoms with E-state index in [1.54, 1.807) is 57.4 Å². The van der Waals surface area contributed by atoms with Crippen molar-refractivity contribution in [3.05, 3.63) is 21.9 Å². The molecule has 9 nitrogen and oxygen atoms in total. The molecule has 2 amide bonds. The Morgan fingerprint density at radius 1 is 1.23 bits per heavy atom. The van der Waals surface area contributed by atoms with Crippen LogP contribution in [0.2, 0.25) is 0 Å². The van der Waals surface area contributed by atoms with Gasteiger partial charge in [0.25, 0.3) is 0 Å². The van der Waals surface area contributed by atoms with E-state index in [9.17, 15) is 14.4 Å². The second kappa shape index (κ2) is 9.54. The molecule has 2 heterocycles. The zero-order chi connectivity index (χ0) is 22.7. The van der Waals surface area contributed by atoms with Gasteiger partial charge in [0.2, 0.25) is 0 Å². The lowest BCUT2D eigenvalue weighted by molar-refractivity contribution is -0.161. The third kappa shape index (κ3) is 6.34. The van der Waals surface area contributed by atoms with E-state index in [4.69, 9.17) is 9.47 Å². The number of rotatable bonds is 6. The molecule has 2 N–H and O–H groups in total. The minimum absolute atomic E-state index is 0.265. The highest BCUT2D eigenvalue weighted by atomic mass is 32.2. The van der Waals surface area contributed by atoms with Gasteiger partial charge in [-0.1, -0.05) is 0 Å². The molecule has 0 spiro atoms. The van der Waals surface area contributed by atoms with Crippen molar-refractivity contribution >= 4 is 41.3 Å². The van der Waals surface area contributed by atoms with Crippen LogP contribution in [0.1, 0.15) is 62.9 Å². The van der Waals surface area contributed by atoms with E-state index in [1.807, 2.05) is 11.9 Å². The molecule has 0 aromatic carbocycles. The molecule has 1 aromatic rings. The Balaban J connectivity index is 2.05. The topological polar surface area (TPSA) is 100 Å². The fourth-order valence-corrected chi connectivity index (χ4v) is 4.68. The van der Waals surface area contributed by atoms with Gasteiger partial charge in [0.15, 0.2) is 0 Å². The van der Waals surface area contributed by atoms with Gasteiger partial charge in [-0.3, -0.25) is 10.3 Å². The standard InChI is InChI=1S/C19H30N4O5S2/c1-8-27-15(24)12-9-13(29-10-12)14-22(7)11-30-23(14)21-17(26)20-19(5,6)16(25)28-18(2,3)4/h9-10,14H,8,11H2,1-7H3,(H2,20,21,26). The van der Waals surface area contributed by atoms with Gasteiger partial charge < -0.3 is 14.8 Å². The Morgan fingerprint density at radius 2 is 1.90 bits per heavy atom. The minimum Gasteiger partial charge on any atom is -0.462 e. The van der Waals surface area contributed by atoms with Crippen LogP contribution in [0.25, 0.3) is 0 Å². The Hall–Kier alpha value is -1.82. The molecular weight excluding hydrogens is 428 g/mol. The Labute approximate surface area is 185 Å². The van der Waals surface area contributed by atoms with Crippen LogP contribution in [0.4, 0.5) is 4.79 Å². The number of hydrogen-bond donors (Lipinski definition) is 2. The van der Waals surface area contributed by atoms with Crippen LogP contribution >= 0.6 is 23.3 Å². The van der Waals surface area contributed by atoms with Crippen molar-refractivity contribution in [2.75, 3.05) is 19.5 Å². The lowest BCUT2D eigenvalue weighted by atomic mass is 10.1. The van der Waals surface area contributed by atoms with Gasteiger partial charge >= 0.3 is 18.0 Å². The van der Waals surface area contributed by atoms with Gasteiger partial charge in [-0.15, -0.1) is 15.8 Å². The summed E-state index contributed by atoms with van der Waals surface area (Å²) in [6.07, 6.45) is -0.265. The highest BCUT2D eigenvalue weighted by Gasteiger charge is 2.38. The number of ether oxygens (including phenoxy) is 2. The first-order valence-corrected chi connectivity index (χ1v) is 11.4. The summed E-state index contributed by atoms with van der Waals surface area (Å²) < 4.78 is 12.1. The lowest BCUT2D eigenvalue weighted by Gasteiger charge is -2.31. The van der Waals surface area contributed by atoms with E-state index in [1.165, 1.54) is 23.3 Å². The van der Waals surface area contributed by atoms with Crippen molar-refractivity contribution in [2.24, 2.45) is 0 Å². The monoisotopic (exact) mass is 458 g/mol. The average molecular weight is 459 g/mol. The highest BCUT2D eigenvalue weighted by molar-refractivity contribution is 7.97. The fourth-order valence-electron chi connectivity index (χ4n) is 2.58. The maximum atomic E-state index is 12.6. The Morgan fingerprint density at radius 3 is 2.50 bits per heavy atom. The number of esters is 2. The molecule has 1 aliphatic rings. The molecule has 11 heteroatoms. The van der Waals surface area contributed by atoms with E-state index in [-0.39, 0.29) is 12.1 Å². The summed E-state index contributed by atoms with van der Waals surface area (Å²) in [7, 11) is 1.92. The molecular formula is C19H30N4O5S2. The Bertz CT molecular complexity index is 790. The van der Waals surface area contributed by atoms with E-state index in [2.05, 4.69) is 10.7 Å². The SMILES string of the molecule is CCOC(=O)c1csc(C2N(C)CSN2NC(=O)NC(C)(C)C(=O)OC(C)(C)C)c1. The van der Waals surface area contributed by atoms with Gasteiger partial charge in [-0.25, -0.2) is 14.4 Å². The summed E-state index contributed by atoms with van der Waals surface area (Å²) in [5.41, 5.74) is 1.41. The first kappa shape index (κ1) is 24.4. The largest absolute Gasteiger partial charge is 0.462 e. The van der Waals surface area contributed by atoms with Crippen molar-refractivity contribution in [2.45, 2.75) is 58.8 Å². The molecule has 1 aliphatic heterocycles. The normalized spacial score (nSPS) is 18.2. The van der Waals surface area contributed by atoms with E-state index >= 15 is 0 Å². The average Bonchev–Trinajstić information content (AvgIpc) is 3.20. The molecule has 2 rings (SSSR count). The lowest BCUT2D eigenvalue weighted by Crippen LogP contribution is -2.57. The molecule has 0 radical (unpaired) electrons. The van der Waals surface area contributed by atoms with Gasteiger partial charge in [-0.2, -0.15) is 0 Å². The van der Waals surface area contributed by atoms with Crippen molar-refractivity contribution < 1.29 is 23.9 Å². The van der Waals surface area contributed by atoms with E-state index < -0.39 is 23.1 Å². The predicted octanol–water partition coefficient (Wildman–Crippen LogP) is 3.11. The zero-order valence-electron chi connectivity index (χ0n) is 18.4. The molecule has 1 atom stereocenters. The smallest absolute Gasteiger partial charge is 0.338 e. The molecule has 1 fully saturated rings. The van der Waals surface area contributed by atoms with Crippen molar-refractivity contribution in [1.82, 2.24) is 20.1 Å². The van der Waals surface area contributed by atoms with Crippen LogP contribution in [0, 0.1) is 0 Å². The quantitative estimate of drug-likeness (QED) is 0.495. The summed E-state index contributed by atoms with van der Waals surface area (Å²) >= 11 is 2.83. The number of nitrogens with zero attached hydrogens (tertiary/aromatic N) is 2. The van der Waals surface area contributed by atoms with Crippen molar-refractivity contribution in [3.63, 3.8) is 0 Å². The number of amides is 2. The molecule has 0 saturated carbocycles. The first-order valence-electron chi connectivity index (χ1n) is 9.54. The molecule has 0 bridgehead atoms. The summed E-state index contributed by atoms with van der Waals surface area (Å²) in [6, 6.07) is 1.24. The van der Waals surface area contributed by atoms with Gasteiger partial charge in [0.1, 0.15) is 17.3 Å². The van der Waals surface area contributed by atoms with Crippen LogP contribution in [0.15, 0.2) is 11.4 Å². The summed E-state index contributed by atoms with van der Waals surface area (Å²) in [5.74, 6) is -0.248. The number of hydrazine groups is 1. The van der Waals surface area contributed by atoms with Crippen LogP contribution in [-0.2, 0) is 14.3 Å². The number of carbonyl (C=O) groups excluding carboxylic acids is 3. The zero-order valence-corrected chi connectivity index (χ0v) is 20.0. The number of urea groups is 1. The molecule has 1 unspecified atom stereocenters. The van der Waals surface area contributed by atoms with Crippen LogP contribution in [0.3, 0.4) is 0 Å². The van der Waals surface area contributed by atoms with Crippen LogP contribution in [-0.4, -0.2) is 58.0 Å². The van der Waals surface area contributed by atoms with Crippen LogP contribution < -0.4 is 10.7 Å². The minimum atomic E-state index is -1.21. The van der Waals surface area contributed by atoms with Crippen molar-refractivity contribution in [3.8, 4) is 0 Å². The first-order chi connectivity index (χ1) is 13.8. The Kier molecular flexibility index (Phi) is 7.78. The maximum Gasteiger partial charge on any atom is 0.338 e. The van der Waals surface area contributed by atoms with Gasteiger partial charge in [-0.05, 0) is 66.6 Å². The molecule has 30 heavy (non-hydrogen) atoms. The maximum absolute atomic E-state index is 12.6. The highest BCUT2D eigenvalue weighted by Crippen LogP contribution is 2.38. The summed E-state index contributed by atoms with van der Waals surface area (Å²) in [6.45, 7) is 10.6. The van der Waals surface area contributed by atoms with Gasteiger partial charge in [0, 0.05) is 10.3 Å². The van der Waals surface area contributed by atoms with E-state index in [0.717, 1.165) is 4.88 Å².